The van der Waals surface area contributed by atoms with Gasteiger partial charge in [-0.25, -0.2) is 6.57 Å². The maximum atomic E-state index is 12.6. The molecule has 0 bridgehead atoms. The number of hydrogen-bond acceptors (Lipinski definition) is 8. The van der Waals surface area contributed by atoms with E-state index in [2.05, 4.69) is 76.5 Å². The number of aryl methyl sites for hydroxylation is 1. The van der Waals surface area contributed by atoms with Gasteiger partial charge in [-0.2, -0.15) is 9.97 Å². The van der Waals surface area contributed by atoms with Crippen LogP contribution in [-0.4, -0.2) is 104 Å². The lowest BCUT2D eigenvalue weighted by Crippen LogP contribution is -2.56. The molecule has 0 saturated carbocycles. The van der Waals surface area contributed by atoms with Crippen molar-refractivity contribution in [2.75, 3.05) is 75.9 Å². The Morgan fingerprint density at radius 1 is 1.20 bits per heavy atom. The van der Waals surface area contributed by atoms with Crippen LogP contribution >= 0.6 is 0 Å². The first kappa shape index (κ1) is 29.9. The van der Waals surface area contributed by atoms with Crippen LogP contribution in [0.2, 0.25) is 0 Å². The van der Waals surface area contributed by atoms with E-state index in [4.69, 9.17) is 26.0 Å². The second-order valence-corrected chi connectivity index (χ2v) is 11.9. The number of carbonyl (C=O) groups is 1. The van der Waals surface area contributed by atoms with Crippen molar-refractivity contribution in [1.82, 2.24) is 19.8 Å². The summed E-state index contributed by atoms with van der Waals surface area (Å²) in [6.45, 7) is 19.5. The van der Waals surface area contributed by atoms with Crippen molar-refractivity contribution in [3.63, 3.8) is 0 Å². The third-order valence-electron chi connectivity index (χ3n) is 9.20. The van der Waals surface area contributed by atoms with Crippen molar-refractivity contribution in [3.8, 4) is 6.01 Å². The van der Waals surface area contributed by atoms with Gasteiger partial charge in [-0.3, -0.25) is 9.69 Å². The van der Waals surface area contributed by atoms with Gasteiger partial charge in [0.25, 0.3) is 0 Å². The maximum Gasteiger partial charge on any atom is 0.318 e. The molecule has 2 aromatic carbocycles. The van der Waals surface area contributed by atoms with E-state index in [1.54, 1.807) is 4.90 Å². The van der Waals surface area contributed by atoms with Crippen LogP contribution in [0, 0.1) is 13.5 Å². The standard InChI is InChI=1S/C34H41N7O3/c1-5-31(42)41-16-15-40(21-27(41)20-35-3)33-28-12-14-39(30-11-7-10-25-9-6-8-24(2)32(25)30)22-29(28)36-34(37-33)44-19-17-38(4)26-13-18-43-23-26/h5-11,26-27H,1,12-23H2,2,4H3/t26?,27-/m0/s1. The summed E-state index contributed by atoms with van der Waals surface area (Å²) in [6, 6.07) is 13.5. The Morgan fingerprint density at radius 3 is 2.82 bits per heavy atom. The first-order chi connectivity index (χ1) is 21.5. The minimum Gasteiger partial charge on any atom is -0.462 e. The second kappa shape index (κ2) is 13.2. The monoisotopic (exact) mass is 595 g/mol. The van der Waals surface area contributed by atoms with Gasteiger partial charge in [0.05, 0.1) is 18.8 Å². The third-order valence-corrected chi connectivity index (χ3v) is 9.20. The summed E-state index contributed by atoms with van der Waals surface area (Å²) in [7, 11) is 2.10. The smallest absolute Gasteiger partial charge is 0.318 e. The molecule has 1 aromatic heterocycles. The van der Waals surface area contributed by atoms with Crippen LogP contribution < -0.4 is 14.5 Å². The molecular formula is C34H41N7O3. The Kier molecular flexibility index (Phi) is 8.96. The summed E-state index contributed by atoms with van der Waals surface area (Å²) in [5.74, 6) is 0.724. The molecule has 2 saturated heterocycles. The summed E-state index contributed by atoms with van der Waals surface area (Å²) in [5, 5.41) is 2.50. The molecule has 4 heterocycles. The number of aromatic nitrogens is 2. The zero-order valence-corrected chi connectivity index (χ0v) is 25.7. The molecule has 3 aliphatic heterocycles. The number of fused-ring (bicyclic) bond motifs is 2. The highest BCUT2D eigenvalue weighted by Crippen LogP contribution is 2.35. The Labute approximate surface area is 259 Å². The van der Waals surface area contributed by atoms with E-state index in [1.165, 1.54) is 28.1 Å². The summed E-state index contributed by atoms with van der Waals surface area (Å²) in [6.07, 6.45) is 3.16. The molecule has 10 nitrogen and oxygen atoms in total. The van der Waals surface area contributed by atoms with Gasteiger partial charge >= 0.3 is 6.01 Å². The second-order valence-electron chi connectivity index (χ2n) is 11.9. The largest absolute Gasteiger partial charge is 0.462 e. The summed E-state index contributed by atoms with van der Waals surface area (Å²) >= 11 is 0. The van der Waals surface area contributed by atoms with Gasteiger partial charge in [-0.1, -0.05) is 36.9 Å². The van der Waals surface area contributed by atoms with Gasteiger partial charge in [0.15, 0.2) is 0 Å². The van der Waals surface area contributed by atoms with Gasteiger partial charge in [0.1, 0.15) is 18.5 Å². The highest BCUT2D eigenvalue weighted by Gasteiger charge is 2.35. The molecule has 0 spiro atoms. The molecule has 1 unspecified atom stereocenters. The van der Waals surface area contributed by atoms with Crippen molar-refractivity contribution < 1.29 is 14.3 Å². The van der Waals surface area contributed by atoms with E-state index in [0.717, 1.165) is 56.2 Å². The molecule has 3 aliphatic rings. The van der Waals surface area contributed by atoms with E-state index in [9.17, 15) is 4.79 Å². The zero-order chi connectivity index (χ0) is 30.6. The molecule has 2 atom stereocenters. The van der Waals surface area contributed by atoms with Crippen molar-refractivity contribution >= 4 is 28.2 Å². The number of ether oxygens (including phenoxy) is 2. The molecule has 6 rings (SSSR count). The summed E-state index contributed by atoms with van der Waals surface area (Å²) in [4.78, 5) is 34.8. The lowest BCUT2D eigenvalue weighted by molar-refractivity contribution is -0.128. The topological polar surface area (TPSA) is 78.6 Å². The van der Waals surface area contributed by atoms with Crippen molar-refractivity contribution in [2.24, 2.45) is 0 Å². The minimum atomic E-state index is -0.234. The normalized spacial score (nSPS) is 20.1. The van der Waals surface area contributed by atoms with Crippen LogP contribution in [0.1, 0.15) is 23.2 Å². The van der Waals surface area contributed by atoms with E-state index in [1.807, 2.05) is 0 Å². The number of piperazine rings is 1. The van der Waals surface area contributed by atoms with Gasteiger partial charge in [-0.15, -0.1) is 0 Å². The number of likely N-dealkylation sites (N-methyl/N-ethyl adjacent to an activating group) is 1. The van der Waals surface area contributed by atoms with E-state index in [-0.39, 0.29) is 18.5 Å². The van der Waals surface area contributed by atoms with Gasteiger partial charge in [-0.05, 0) is 49.9 Å². The van der Waals surface area contributed by atoms with Gasteiger partial charge < -0.3 is 29.0 Å². The quantitative estimate of drug-likeness (QED) is 0.274. The van der Waals surface area contributed by atoms with Crippen molar-refractivity contribution in [2.45, 2.75) is 38.4 Å². The molecule has 0 N–H and O–H groups in total. The molecule has 44 heavy (non-hydrogen) atoms. The lowest BCUT2D eigenvalue weighted by Gasteiger charge is -2.41. The number of benzene rings is 2. The molecule has 0 radical (unpaired) electrons. The molecule has 2 fully saturated rings. The van der Waals surface area contributed by atoms with Gasteiger partial charge in [0, 0.05) is 62.0 Å². The number of hydrogen-bond donors (Lipinski definition) is 0. The van der Waals surface area contributed by atoms with Gasteiger partial charge in [0.2, 0.25) is 12.5 Å². The first-order valence-corrected chi connectivity index (χ1v) is 15.5. The van der Waals surface area contributed by atoms with Crippen LogP contribution in [0.5, 0.6) is 6.01 Å². The van der Waals surface area contributed by atoms with Crippen molar-refractivity contribution in [3.05, 3.63) is 77.3 Å². The highest BCUT2D eigenvalue weighted by molar-refractivity contribution is 5.97. The first-order valence-electron chi connectivity index (χ1n) is 15.5. The number of rotatable bonds is 9. The van der Waals surface area contributed by atoms with Crippen LogP contribution in [0.3, 0.4) is 0 Å². The molecule has 230 valence electrons. The Morgan fingerprint density at radius 2 is 2.05 bits per heavy atom. The molecule has 3 aromatic rings. The fourth-order valence-corrected chi connectivity index (χ4v) is 6.74. The highest BCUT2D eigenvalue weighted by atomic mass is 16.5. The van der Waals surface area contributed by atoms with Crippen LogP contribution in [0.25, 0.3) is 15.6 Å². The maximum absolute atomic E-state index is 12.6. The predicted octanol–water partition coefficient (Wildman–Crippen LogP) is 3.72. The number of anilines is 2. The Bertz CT molecular complexity index is 1560. The van der Waals surface area contributed by atoms with Crippen LogP contribution in [-0.2, 0) is 22.5 Å². The Balaban J connectivity index is 1.30. The SMILES string of the molecule is [C-]#[N+]C[C@H]1CN(c2nc(OCCN(C)C3CCOC3)nc3c2CCN(c2cccc4cccc(C)c24)C3)CCN1C(=O)C=C. The van der Waals surface area contributed by atoms with E-state index in [0.29, 0.717) is 44.8 Å². The van der Waals surface area contributed by atoms with Crippen LogP contribution in [0.15, 0.2) is 49.1 Å². The molecular weight excluding hydrogens is 554 g/mol. The average Bonchev–Trinajstić information content (AvgIpc) is 3.59. The van der Waals surface area contributed by atoms with E-state index < -0.39 is 0 Å². The summed E-state index contributed by atoms with van der Waals surface area (Å²) in [5.41, 5.74) is 4.55. The fourth-order valence-electron chi connectivity index (χ4n) is 6.74. The minimum absolute atomic E-state index is 0.134. The molecule has 1 amide bonds. The number of amides is 1. The Hall–Kier alpha value is -4.20. The third kappa shape index (κ3) is 6.07. The lowest BCUT2D eigenvalue weighted by atomic mass is 9.99. The average molecular weight is 596 g/mol. The van der Waals surface area contributed by atoms with Crippen molar-refractivity contribution in [1.29, 1.82) is 0 Å². The molecule has 0 aliphatic carbocycles. The fraction of sp³-hybridized carbons (Fsp3) is 0.471. The number of nitrogens with zero attached hydrogens (tertiary/aromatic N) is 7. The zero-order valence-electron chi connectivity index (χ0n) is 25.7. The number of carbonyl (C=O) groups excluding carboxylic acids is 1. The van der Waals surface area contributed by atoms with E-state index >= 15 is 0 Å². The predicted molar refractivity (Wildman–Crippen MR) is 172 cm³/mol. The molecule has 10 heteroatoms. The van der Waals surface area contributed by atoms with Crippen LogP contribution in [0.4, 0.5) is 11.5 Å². The summed E-state index contributed by atoms with van der Waals surface area (Å²) < 4.78 is 11.8.